The molecule has 0 spiro atoms. The average molecular weight is 539 g/mol. The van der Waals surface area contributed by atoms with Crippen LogP contribution in [0.25, 0.3) is 10.9 Å². The number of halogens is 3. The van der Waals surface area contributed by atoms with Gasteiger partial charge in [-0.1, -0.05) is 12.1 Å². The summed E-state index contributed by atoms with van der Waals surface area (Å²) in [6, 6.07) is 8.22. The number of Topliss-reactive ketones (excluding diaryl/α,β-unsaturated/α-hetero) is 1. The van der Waals surface area contributed by atoms with Crippen molar-refractivity contribution >= 4 is 32.8 Å². The molecular weight excluding hydrogens is 513 g/mol. The molecule has 198 valence electrons. The summed E-state index contributed by atoms with van der Waals surface area (Å²) in [4.78, 5) is 30.3. The van der Waals surface area contributed by atoms with E-state index in [1.54, 1.807) is 29.3 Å². The Hall–Kier alpha value is -3.36. The lowest BCUT2D eigenvalue weighted by Gasteiger charge is -2.35. The van der Waals surface area contributed by atoms with Crippen LogP contribution >= 0.6 is 0 Å². The van der Waals surface area contributed by atoms with Crippen LogP contribution in [0.15, 0.2) is 42.6 Å². The third kappa shape index (κ3) is 5.97. The molecule has 1 aromatic carbocycles. The van der Waals surface area contributed by atoms with Crippen LogP contribution < -0.4 is 0 Å². The van der Waals surface area contributed by atoms with Crippen molar-refractivity contribution in [3.63, 3.8) is 0 Å². The molecule has 0 unspecified atom stereocenters. The first-order valence-electron chi connectivity index (χ1n) is 11.3. The Balaban J connectivity index is 1.40. The highest BCUT2D eigenvalue weighted by atomic mass is 32.2. The molecule has 0 radical (unpaired) electrons. The predicted molar refractivity (Wildman–Crippen MR) is 128 cm³/mol. The topological polar surface area (TPSA) is 109 Å². The van der Waals surface area contributed by atoms with E-state index < -0.39 is 27.9 Å². The summed E-state index contributed by atoms with van der Waals surface area (Å²) in [6.45, 7) is 0.888. The quantitative estimate of drug-likeness (QED) is 0.425. The second-order valence-electron chi connectivity index (χ2n) is 8.80. The standard InChI is InChI=1S/C23H25F3N6O4S/c1-29(2)37(35,36)32-10-8-30(9-11-32)22(34)15-31-14-17-12-16(6-7-18(17)28-31)13-20(33)19-4-3-5-21(27-19)23(24,25)26/h3-7,12,14H,8-11,13,15H2,1-2H3. The Kier molecular flexibility index (Phi) is 7.35. The number of carbonyl (C=O) groups excluding carboxylic acids is 2. The maximum Gasteiger partial charge on any atom is 0.433 e. The molecule has 1 aliphatic rings. The van der Waals surface area contributed by atoms with Gasteiger partial charge in [0.25, 0.3) is 10.2 Å². The number of amides is 1. The number of nitrogens with zero attached hydrogens (tertiary/aromatic N) is 6. The number of hydrogen-bond acceptors (Lipinski definition) is 6. The Bertz CT molecular complexity index is 1430. The van der Waals surface area contributed by atoms with Crippen molar-refractivity contribution < 1.29 is 31.2 Å². The fourth-order valence-electron chi connectivity index (χ4n) is 3.98. The van der Waals surface area contributed by atoms with Crippen LogP contribution in [0.3, 0.4) is 0 Å². The number of alkyl halides is 3. The lowest BCUT2D eigenvalue weighted by molar-refractivity contribution is -0.141. The minimum Gasteiger partial charge on any atom is -0.338 e. The van der Waals surface area contributed by atoms with Crippen molar-refractivity contribution in [1.29, 1.82) is 0 Å². The minimum atomic E-state index is -4.64. The maximum atomic E-state index is 12.9. The minimum absolute atomic E-state index is 0.0441. The average Bonchev–Trinajstić information content (AvgIpc) is 3.25. The summed E-state index contributed by atoms with van der Waals surface area (Å²) >= 11 is 0. The Labute approximate surface area is 211 Å². The summed E-state index contributed by atoms with van der Waals surface area (Å²) in [5, 5.41) is 5.04. The van der Waals surface area contributed by atoms with Crippen molar-refractivity contribution in [3.05, 3.63) is 59.5 Å². The normalized spacial score (nSPS) is 15.5. The van der Waals surface area contributed by atoms with E-state index in [4.69, 9.17) is 0 Å². The van der Waals surface area contributed by atoms with Crippen molar-refractivity contribution in [2.45, 2.75) is 19.1 Å². The van der Waals surface area contributed by atoms with Crippen LogP contribution in [0.5, 0.6) is 0 Å². The van der Waals surface area contributed by atoms with Gasteiger partial charge in [-0.2, -0.15) is 35.3 Å². The van der Waals surface area contributed by atoms with Crippen LogP contribution in [0.4, 0.5) is 13.2 Å². The molecule has 10 nitrogen and oxygen atoms in total. The van der Waals surface area contributed by atoms with Gasteiger partial charge in [0.1, 0.15) is 17.9 Å². The third-order valence-electron chi connectivity index (χ3n) is 5.98. The zero-order valence-corrected chi connectivity index (χ0v) is 21.0. The first kappa shape index (κ1) is 26.7. The SMILES string of the molecule is CN(C)S(=O)(=O)N1CCN(C(=O)Cn2cc3cc(CC(=O)c4cccc(C(F)(F)F)n4)ccc3n2)CC1. The fourth-order valence-corrected chi connectivity index (χ4v) is 5.07. The number of fused-ring (bicyclic) bond motifs is 1. The molecule has 1 saturated heterocycles. The molecule has 1 aliphatic heterocycles. The lowest BCUT2D eigenvalue weighted by Crippen LogP contribution is -2.53. The largest absolute Gasteiger partial charge is 0.433 e. The van der Waals surface area contributed by atoms with E-state index in [2.05, 4.69) is 10.1 Å². The summed E-state index contributed by atoms with van der Waals surface area (Å²) in [7, 11) is -0.617. The van der Waals surface area contributed by atoms with Crippen molar-refractivity contribution in [2.75, 3.05) is 40.3 Å². The van der Waals surface area contributed by atoms with Gasteiger partial charge in [0.15, 0.2) is 5.78 Å². The van der Waals surface area contributed by atoms with Crippen LogP contribution in [0.2, 0.25) is 0 Å². The number of hydrogen-bond donors (Lipinski definition) is 0. The monoisotopic (exact) mass is 538 g/mol. The van der Waals surface area contributed by atoms with Gasteiger partial charge in [0.05, 0.1) is 5.52 Å². The molecule has 37 heavy (non-hydrogen) atoms. The van der Waals surface area contributed by atoms with Crippen LogP contribution in [-0.2, 0) is 34.1 Å². The highest BCUT2D eigenvalue weighted by Crippen LogP contribution is 2.27. The van der Waals surface area contributed by atoms with E-state index >= 15 is 0 Å². The number of ketones is 1. The van der Waals surface area contributed by atoms with Gasteiger partial charge in [-0.05, 0) is 29.8 Å². The molecule has 0 saturated carbocycles. The van der Waals surface area contributed by atoms with E-state index in [1.165, 1.54) is 29.1 Å². The highest BCUT2D eigenvalue weighted by molar-refractivity contribution is 7.86. The smallest absolute Gasteiger partial charge is 0.338 e. The number of piperazine rings is 1. The van der Waals surface area contributed by atoms with E-state index in [0.29, 0.717) is 16.5 Å². The predicted octanol–water partition coefficient (Wildman–Crippen LogP) is 1.83. The molecule has 3 heterocycles. The maximum absolute atomic E-state index is 12.9. The molecule has 1 amide bonds. The molecule has 1 fully saturated rings. The molecule has 0 bridgehead atoms. The summed E-state index contributed by atoms with van der Waals surface area (Å²) < 4.78 is 67.1. The van der Waals surface area contributed by atoms with Crippen LogP contribution in [0, 0.1) is 0 Å². The molecule has 3 aromatic rings. The molecular formula is C23H25F3N6O4S. The Morgan fingerprint density at radius 3 is 2.41 bits per heavy atom. The summed E-state index contributed by atoms with van der Waals surface area (Å²) in [5.41, 5.74) is -0.237. The van der Waals surface area contributed by atoms with Gasteiger partial charge in [0.2, 0.25) is 5.91 Å². The second kappa shape index (κ2) is 10.2. The number of rotatable bonds is 7. The first-order valence-corrected chi connectivity index (χ1v) is 12.7. The zero-order chi connectivity index (χ0) is 27.0. The fraction of sp³-hybridized carbons (Fsp3) is 0.391. The number of benzene rings is 1. The van der Waals surface area contributed by atoms with Crippen LogP contribution in [-0.4, -0.2) is 88.7 Å². The lowest BCUT2D eigenvalue weighted by atomic mass is 10.0. The van der Waals surface area contributed by atoms with Gasteiger partial charge in [-0.15, -0.1) is 0 Å². The number of carbonyl (C=O) groups is 2. The third-order valence-corrected chi connectivity index (χ3v) is 7.92. The van der Waals surface area contributed by atoms with E-state index in [-0.39, 0.29) is 50.7 Å². The molecule has 2 aromatic heterocycles. The van der Waals surface area contributed by atoms with Crippen molar-refractivity contribution in [3.8, 4) is 0 Å². The van der Waals surface area contributed by atoms with Gasteiger partial charge >= 0.3 is 6.18 Å². The number of pyridine rings is 1. The first-order chi connectivity index (χ1) is 17.3. The van der Waals surface area contributed by atoms with Gasteiger partial charge < -0.3 is 4.90 Å². The van der Waals surface area contributed by atoms with Gasteiger partial charge in [-0.25, -0.2) is 4.98 Å². The Morgan fingerprint density at radius 1 is 1.05 bits per heavy atom. The van der Waals surface area contributed by atoms with Crippen LogP contribution in [0.1, 0.15) is 21.7 Å². The molecule has 0 atom stereocenters. The van der Waals surface area contributed by atoms with E-state index in [1.807, 2.05) is 0 Å². The molecule has 4 rings (SSSR count). The highest BCUT2D eigenvalue weighted by Gasteiger charge is 2.33. The van der Waals surface area contributed by atoms with Crippen molar-refractivity contribution in [1.82, 2.24) is 28.3 Å². The van der Waals surface area contributed by atoms with Crippen molar-refractivity contribution in [2.24, 2.45) is 0 Å². The molecule has 14 heteroatoms. The Morgan fingerprint density at radius 2 is 1.76 bits per heavy atom. The van der Waals surface area contributed by atoms with E-state index in [0.717, 1.165) is 16.4 Å². The van der Waals surface area contributed by atoms with Gasteiger partial charge in [-0.3, -0.25) is 14.3 Å². The summed E-state index contributed by atoms with van der Waals surface area (Å²) in [5.74, 6) is -0.760. The van der Waals surface area contributed by atoms with E-state index in [9.17, 15) is 31.2 Å². The second-order valence-corrected chi connectivity index (χ2v) is 10.9. The zero-order valence-electron chi connectivity index (χ0n) is 20.1. The summed E-state index contributed by atoms with van der Waals surface area (Å²) in [6.07, 6.45) is -3.14. The number of aromatic nitrogens is 3. The molecule has 0 aliphatic carbocycles. The van der Waals surface area contributed by atoms with Gasteiger partial charge in [0, 0.05) is 58.3 Å². The molecule has 0 N–H and O–H groups in total.